The molecule has 1 fully saturated rings. The van der Waals surface area contributed by atoms with Crippen molar-refractivity contribution < 1.29 is 4.79 Å². The number of aryl methyl sites for hydroxylation is 1. The smallest absolute Gasteiger partial charge is 0.150 e. The largest absolute Gasteiger partial charge is 0.298 e. The standard InChI is InChI=1S/C13H14O/c14-9-10-3-4-12-11(8-10)2-1-5-13(12)6-7-13/h3-4,8-9H,1-2,5-7H2. The third-order valence-corrected chi connectivity index (χ3v) is 3.79. The molecule has 0 aromatic heterocycles. The molecule has 0 bridgehead atoms. The molecule has 2 aliphatic carbocycles. The second-order valence-corrected chi connectivity index (χ2v) is 4.67. The van der Waals surface area contributed by atoms with Crippen LogP contribution in [0.1, 0.15) is 47.2 Å². The predicted molar refractivity (Wildman–Crippen MR) is 55.7 cm³/mol. The van der Waals surface area contributed by atoms with Gasteiger partial charge in [-0.3, -0.25) is 4.79 Å². The zero-order chi connectivity index (χ0) is 9.60. The maximum absolute atomic E-state index is 10.7. The number of rotatable bonds is 1. The summed E-state index contributed by atoms with van der Waals surface area (Å²) in [7, 11) is 0. The number of hydrogen-bond acceptors (Lipinski definition) is 1. The summed E-state index contributed by atoms with van der Waals surface area (Å²) in [5.41, 5.74) is 4.34. The van der Waals surface area contributed by atoms with E-state index in [0.29, 0.717) is 5.41 Å². The van der Waals surface area contributed by atoms with Crippen LogP contribution in [-0.2, 0) is 11.8 Å². The Morgan fingerprint density at radius 1 is 1.21 bits per heavy atom. The van der Waals surface area contributed by atoms with Gasteiger partial charge in [-0.25, -0.2) is 0 Å². The molecule has 0 N–H and O–H groups in total. The topological polar surface area (TPSA) is 17.1 Å². The molecule has 3 rings (SSSR count). The summed E-state index contributed by atoms with van der Waals surface area (Å²) >= 11 is 0. The zero-order valence-corrected chi connectivity index (χ0v) is 8.25. The molecule has 0 atom stereocenters. The van der Waals surface area contributed by atoms with Crippen LogP contribution in [-0.4, -0.2) is 6.29 Å². The van der Waals surface area contributed by atoms with Gasteiger partial charge in [0.1, 0.15) is 6.29 Å². The lowest BCUT2D eigenvalue weighted by molar-refractivity contribution is 0.112. The Labute approximate surface area is 84.1 Å². The highest BCUT2D eigenvalue weighted by Gasteiger charge is 2.46. The van der Waals surface area contributed by atoms with E-state index in [2.05, 4.69) is 12.1 Å². The Bertz CT molecular complexity index is 388. The third kappa shape index (κ3) is 1.05. The van der Waals surface area contributed by atoms with Crippen LogP contribution in [0.5, 0.6) is 0 Å². The van der Waals surface area contributed by atoms with Crippen LogP contribution in [0.25, 0.3) is 0 Å². The number of hydrogen-bond donors (Lipinski definition) is 0. The molecule has 14 heavy (non-hydrogen) atoms. The number of fused-ring (bicyclic) bond motifs is 2. The van der Waals surface area contributed by atoms with Crippen molar-refractivity contribution in [2.75, 3.05) is 0 Å². The Morgan fingerprint density at radius 2 is 2.07 bits per heavy atom. The van der Waals surface area contributed by atoms with Gasteiger partial charge in [-0.15, -0.1) is 0 Å². The van der Waals surface area contributed by atoms with Crippen LogP contribution >= 0.6 is 0 Å². The van der Waals surface area contributed by atoms with Crippen LogP contribution < -0.4 is 0 Å². The molecule has 0 aliphatic heterocycles. The predicted octanol–water partition coefficient (Wildman–Crippen LogP) is 2.87. The van der Waals surface area contributed by atoms with Crippen LogP contribution in [0.15, 0.2) is 18.2 Å². The molecular formula is C13H14O. The van der Waals surface area contributed by atoms with Gasteiger partial charge >= 0.3 is 0 Å². The second-order valence-electron chi connectivity index (χ2n) is 4.67. The molecule has 1 saturated carbocycles. The summed E-state index contributed by atoms with van der Waals surface area (Å²) in [6.07, 6.45) is 7.50. The van der Waals surface area contributed by atoms with E-state index >= 15 is 0 Å². The number of benzene rings is 1. The minimum Gasteiger partial charge on any atom is -0.298 e. The lowest BCUT2D eigenvalue weighted by Gasteiger charge is -2.25. The van der Waals surface area contributed by atoms with Crippen molar-refractivity contribution >= 4 is 6.29 Å². The molecule has 2 aliphatic rings. The SMILES string of the molecule is O=Cc1ccc2c(c1)CCCC21CC1. The minimum absolute atomic E-state index is 0.537. The van der Waals surface area contributed by atoms with Gasteiger partial charge in [-0.1, -0.05) is 12.1 Å². The van der Waals surface area contributed by atoms with E-state index in [-0.39, 0.29) is 0 Å². The van der Waals surface area contributed by atoms with Crippen molar-refractivity contribution in [1.82, 2.24) is 0 Å². The van der Waals surface area contributed by atoms with Crippen LogP contribution in [0.2, 0.25) is 0 Å². The molecule has 1 spiro atoms. The van der Waals surface area contributed by atoms with Crippen molar-refractivity contribution in [3.63, 3.8) is 0 Å². The van der Waals surface area contributed by atoms with Gasteiger partial charge in [0.2, 0.25) is 0 Å². The maximum Gasteiger partial charge on any atom is 0.150 e. The van der Waals surface area contributed by atoms with Crippen LogP contribution in [0.3, 0.4) is 0 Å². The van der Waals surface area contributed by atoms with Crippen LogP contribution in [0, 0.1) is 0 Å². The monoisotopic (exact) mass is 186 g/mol. The molecule has 1 aromatic carbocycles. The van der Waals surface area contributed by atoms with E-state index < -0.39 is 0 Å². The second kappa shape index (κ2) is 2.69. The highest BCUT2D eigenvalue weighted by Crippen LogP contribution is 2.55. The molecule has 1 nitrogen and oxygen atoms in total. The first-order valence-corrected chi connectivity index (χ1v) is 5.43. The lowest BCUT2D eigenvalue weighted by atomic mass is 9.80. The fraction of sp³-hybridized carbons (Fsp3) is 0.462. The fourth-order valence-electron chi connectivity index (χ4n) is 2.83. The average Bonchev–Trinajstić information content (AvgIpc) is 2.99. The molecular weight excluding hydrogens is 172 g/mol. The van der Waals surface area contributed by atoms with Crippen molar-refractivity contribution in [3.05, 3.63) is 34.9 Å². The Hall–Kier alpha value is -1.11. The maximum atomic E-state index is 10.7. The van der Waals surface area contributed by atoms with Crippen molar-refractivity contribution in [2.24, 2.45) is 0 Å². The van der Waals surface area contributed by atoms with Gasteiger partial charge in [0.15, 0.2) is 0 Å². The van der Waals surface area contributed by atoms with E-state index in [1.165, 1.54) is 43.2 Å². The van der Waals surface area contributed by atoms with Gasteiger partial charge in [0.25, 0.3) is 0 Å². The Balaban J connectivity index is 2.12. The fourth-order valence-corrected chi connectivity index (χ4v) is 2.83. The molecule has 72 valence electrons. The van der Waals surface area contributed by atoms with Crippen LogP contribution in [0.4, 0.5) is 0 Å². The summed E-state index contributed by atoms with van der Waals surface area (Å²) < 4.78 is 0. The van der Waals surface area contributed by atoms with E-state index in [1.807, 2.05) is 6.07 Å². The van der Waals surface area contributed by atoms with Crippen molar-refractivity contribution in [2.45, 2.75) is 37.5 Å². The van der Waals surface area contributed by atoms with Gasteiger partial charge in [-0.05, 0) is 54.7 Å². The van der Waals surface area contributed by atoms with Gasteiger partial charge in [-0.2, -0.15) is 0 Å². The van der Waals surface area contributed by atoms with E-state index in [4.69, 9.17) is 0 Å². The Kier molecular flexibility index (Phi) is 1.58. The zero-order valence-electron chi connectivity index (χ0n) is 8.25. The summed E-state index contributed by atoms with van der Waals surface area (Å²) in [5.74, 6) is 0. The van der Waals surface area contributed by atoms with Crippen molar-refractivity contribution in [1.29, 1.82) is 0 Å². The Morgan fingerprint density at radius 3 is 2.79 bits per heavy atom. The number of aldehydes is 1. The van der Waals surface area contributed by atoms with E-state index in [0.717, 1.165) is 11.8 Å². The van der Waals surface area contributed by atoms with Gasteiger partial charge in [0, 0.05) is 5.56 Å². The molecule has 0 saturated heterocycles. The minimum atomic E-state index is 0.537. The first kappa shape index (κ1) is 8.22. The van der Waals surface area contributed by atoms with E-state index in [1.54, 1.807) is 0 Å². The molecule has 0 amide bonds. The van der Waals surface area contributed by atoms with Gasteiger partial charge < -0.3 is 0 Å². The number of carbonyl (C=O) groups excluding carboxylic acids is 1. The molecule has 1 heteroatoms. The quantitative estimate of drug-likeness (QED) is 0.616. The lowest BCUT2D eigenvalue weighted by Crippen LogP contribution is -2.15. The summed E-state index contributed by atoms with van der Waals surface area (Å²) in [5, 5.41) is 0. The number of carbonyl (C=O) groups is 1. The van der Waals surface area contributed by atoms with Crippen molar-refractivity contribution in [3.8, 4) is 0 Å². The molecule has 0 radical (unpaired) electrons. The van der Waals surface area contributed by atoms with E-state index in [9.17, 15) is 4.79 Å². The summed E-state index contributed by atoms with van der Waals surface area (Å²) in [6, 6.07) is 6.24. The molecule has 1 aromatic rings. The first-order valence-electron chi connectivity index (χ1n) is 5.43. The summed E-state index contributed by atoms with van der Waals surface area (Å²) in [4.78, 5) is 10.7. The third-order valence-electron chi connectivity index (χ3n) is 3.79. The highest BCUT2D eigenvalue weighted by atomic mass is 16.1. The first-order chi connectivity index (χ1) is 6.84. The summed E-state index contributed by atoms with van der Waals surface area (Å²) in [6.45, 7) is 0. The molecule has 0 heterocycles. The molecule has 0 unspecified atom stereocenters. The normalized spacial score (nSPS) is 21.7. The highest BCUT2D eigenvalue weighted by molar-refractivity contribution is 5.75. The van der Waals surface area contributed by atoms with Gasteiger partial charge in [0.05, 0.1) is 0 Å². The average molecular weight is 186 g/mol.